The highest BCUT2D eigenvalue weighted by Gasteiger charge is 2.30. The SMILES string of the molecule is Cc1cccc(C)c1C=CC1CCN(C(=O)CN2CCCC[C@H]2C(N)=O)CC1. The Morgan fingerprint density at radius 1 is 1.07 bits per heavy atom. The summed E-state index contributed by atoms with van der Waals surface area (Å²) in [5.41, 5.74) is 9.43. The van der Waals surface area contributed by atoms with Gasteiger partial charge in [-0.15, -0.1) is 0 Å². The predicted molar refractivity (Wildman–Crippen MR) is 113 cm³/mol. The van der Waals surface area contributed by atoms with Gasteiger partial charge in [0.05, 0.1) is 12.6 Å². The molecular formula is C23H33N3O2. The van der Waals surface area contributed by atoms with Crippen molar-refractivity contribution in [3.8, 4) is 0 Å². The molecule has 5 heteroatoms. The monoisotopic (exact) mass is 383 g/mol. The summed E-state index contributed by atoms with van der Waals surface area (Å²) in [6.45, 7) is 6.97. The van der Waals surface area contributed by atoms with Crippen molar-refractivity contribution in [1.82, 2.24) is 9.80 Å². The minimum absolute atomic E-state index is 0.130. The second kappa shape index (κ2) is 9.37. The van der Waals surface area contributed by atoms with E-state index in [0.29, 0.717) is 12.5 Å². The number of aryl methyl sites for hydroxylation is 2. The predicted octanol–water partition coefficient (Wildman–Crippen LogP) is 2.90. The molecule has 3 rings (SSSR count). The average molecular weight is 384 g/mol. The smallest absolute Gasteiger partial charge is 0.236 e. The van der Waals surface area contributed by atoms with Gasteiger partial charge in [0.1, 0.15) is 0 Å². The van der Waals surface area contributed by atoms with Crippen LogP contribution in [0.3, 0.4) is 0 Å². The van der Waals surface area contributed by atoms with Crippen molar-refractivity contribution in [3.63, 3.8) is 0 Å². The van der Waals surface area contributed by atoms with Crippen LogP contribution < -0.4 is 5.73 Å². The minimum atomic E-state index is -0.303. The van der Waals surface area contributed by atoms with Crippen LogP contribution in [0.2, 0.25) is 0 Å². The van der Waals surface area contributed by atoms with Gasteiger partial charge in [-0.3, -0.25) is 14.5 Å². The van der Waals surface area contributed by atoms with E-state index in [-0.39, 0.29) is 17.9 Å². The zero-order chi connectivity index (χ0) is 20.1. The first kappa shape index (κ1) is 20.6. The summed E-state index contributed by atoms with van der Waals surface area (Å²) in [4.78, 5) is 28.3. The number of primary amides is 1. The van der Waals surface area contributed by atoms with E-state index in [1.165, 1.54) is 16.7 Å². The Labute approximate surface area is 168 Å². The van der Waals surface area contributed by atoms with Crippen LogP contribution >= 0.6 is 0 Å². The van der Waals surface area contributed by atoms with Gasteiger partial charge in [-0.05, 0) is 68.7 Å². The van der Waals surface area contributed by atoms with Gasteiger partial charge in [0.15, 0.2) is 0 Å². The third-order valence-corrected chi connectivity index (χ3v) is 6.25. The Morgan fingerprint density at radius 3 is 2.39 bits per heavy atom. The Hall–Kier alpha value is -2.14. The summed E-state index contributed by atoms with van der Waals surface area (Å²) in [7, 11) is 0. The average Bonchev–Trinajstić information content (AvgIpc) is 2.68. The van der Waals surface area contributed by atoms with E-state index in [1.807, 2.05) is 9.80 Å². The third kappa shape index (κ3) is 5.02. The molecule has 2 aliphatic rings. The van der Waals surface area contributed by atoms with Crippen LogP contribution in [0.5, 0.6) is 0 Å². The number of amides is 2. The standard InChI is InChI=1S/C23H33N3O2/c1-17-6-5-7-18(2)20(17)10-9-19-11-14-25(15-12-19)22(27)16-26-13-4-3-8-21(26)23(24)28/h5-7,9-10,19,21H,3-4,8,11-16H2,1-2H3,(H2,24,28)/t21-/m0/s1. The van der Waals surface area contributed by atoms with Crippen molar-refractivity contribution in [2.75, 3.05) is 26.2 Å². The summed E-state index contributed by atoms with van der Waals surface area (Å²) in [6.07, 6.45) is 9.36. The zero-order valence-corrected chi connectivity index (χ0v) is 17.2. The fourth-order valence-electron chi connectivity index (χ4n) is 4.44. The topological polar surface area (TPSA) is 66.6 Å². The second-order valence-electron chi connectivity index (χ2n) is 8.27. The molecule has 2 N–H and O–H groups in total. The van der Waals surface area contributed by atoms with E-state index >= 15 is 0 Å². The number of likely N-dealkylation sites (tertiary alicyclic amines) is 2. The van der Waals surface area contributed by atoms with Crippen LogP contribution in [0.25, 0.3) is 6.08 Å². The Morgan fingerprint density at radius 2 is 1.75 bits per heavy atom. The lowest BCUT2D eigenvalue weighted by atomic mass is 9.94. The highest BCUT2D eigenvalue weighted by atomic mass is 16.2. The maximum atomic E-state index is 12.7. The fraction of sp³-hybridized carbons (Fsp3) is 0.565. The van der Waals surface area contributed by atoms with Crippen LogP contribution in [0.4, 0.5) is 0 Å². The quantitative estimate of drug-likeness (QED) is 0.850. The molecule has 0 saturated carbocycles. The van der Waals surface area contributed by atoms with E-state index in [1.54, 1.807) is 0 Å². The maximum absolute atomic E-state index is 12.7. The van der Waals surface area contributed by atoms with Crippen molar-refractivity contribution < 1.29 is 9.59 Å². The Bertz CT molecular complexity index is 715. The highest BCUT2D eigenvalue weighted by Crippen LogP contribution is 2.23. The summed E-state index contributed by atoms with van der Waals surface area (Å²) >= 11 is 0. The number of nitrogens with two attached hydrogens (primary N) is 1. The molecule has 0 radical (unpaired) electrons. The minimum Gasteiger partial charge on any atom is -0.368 e. The number of benzene rings is 1. The van der Waals surface area contributed by atoms with Gasteiger partial charge < -0.3 is 10.6 Å². The Balaban J connectivity index is 1.51. The van der Waals surface area contributed by atoms with Crippen molar-refractivity contribution in [3.05, 3.63) is 41.0 Å². The largest absolute Gasteiger partial charge is 0.368 e. The summed E-state index contributed by atoms with van der Waals surface area (Å²) < 4.78 is 0. The van der Waals surface area contributed by atoms with Gasteiger partial charge in [-0.1, -0.05) is 36.8 Å². The van der Waals surface area contributed by atoms with Gasteiger partial charge in [0.25, 0.3) is 0 Å². The van der Waals surface area contributed by atoms with E-state index in [2.05, 4.69) is 44.2 Å². The first-order chi connectivity index (χ1) is 13.5. The maximum Gasteiger partial charge on any atom is 0.236 e. The Kier molecular flexibility index (Phi) is 6.89. The second-order valence-corrected chi connectivity index (χ2v) is 8.27. The summed E-state index contributed by atoms with van der Waals surface area (Å²) in [5.74, 6) is 0.338. The molecule has 2 aliphatic heterocycles. The van der Waals surface area contributed by atoms with Crippen molar-refractivity contribution in [2.24, 2.45) is 11.7 Å². The van der Waals surface area contributed by atoms with Crippen LogP contribution in [0.15, 0.2) is 24.3 Å². The van der Waals surface area contributed by atoms with E-state index < -0.39 is 0 Å². The van der Waals surface area contributed by atoms with Crippen LogP contribution in [-0.4, -0.2) is 53.8 Å². The zero-order valence-electron chi connectivity index (χ0n) is 17.2. The lowest BCUT2D eigenvalue weighted by Gasteiger charge is -2.36. The van der Waals surface area contributed by atoms with Gasteiger partial charge in [0.2, 0.25) is 11.8 Å². The first-order valence-electron chi connectivity index (χ1n) is 10.5. The number of carbonyl (C=O) groups excluding carboxylic acids is 2. The van der Waals surface area contributed by atoms with Crippen molar-refractivity contribution in [2.45, 2.75) is 52.0 Å². The number of hydrogen-bond acceptors (Lipinski definition) is 3. The van der Waals surface area contributed by atoms with E-state index in [9.17, 15) is 9.59 Å². The number of nitrogens with zero attached hydrogens (tertiary/aromatic N) is 2. The lowest BCUT2D eigenvalue weighted by Crippen LogP contribution is -2.52. The van der Waals surface area contributed by atoms with Crippen LogP contribution in [0.1, 0.15) is 48.8 Å². The van der Waals surface area contributed by atoms with E-state index in [0.717, 1.165) is 51.7 Å². The molecule has 0 aromatic heterocycles. The lowest BCUT2D eigenvalue weighted by molar-refractivity contribution is -0.136. The van der Waals surface area contributed by atoms with Gasteiger partial charge in [-0.25, -0.2) is 0 Å². The molecule has 2 saturated heterocycles. The van der Waals surface area contributed by atoms with Gasteiger partial charge >= 0.3 is 0 Å². The first-order valence-corrected chi connectivity index (χ1v) is 10.5. The summed E-state index contributed by atoms with van der Waals surface area (Å²) in [5, 5.41) is 0. The number of hydrogen-bond donors (Lipinski definition) is 1. The normalized spacial score (nSPS) is 21.9. The van der Waals surface area contributed by atoms with Crippen LogP contribution in [-0.2, 0) is 9.59 Å². The van der Waals surface area contributed by atoms with Gasteiger partial charge in [0, 0.05) is 13.1 Å². The van der Waals surface area contributed by atoms with E-state index in [4.69, 9.17) is 5.73 Å². The third-order valence-electron chi connectivity index (χ3n) is 6.25. The summed E-state index contributed by atoms with van der Waals surface area (Å²) in [6, 6.07) is 6.11. The highest BCUT2D eigenvalue weighted by molar-refractivity contribution is 5.82. The fourth-order valence-corrected chi connectivity index (χ4v) is 4.44. The molecule has 2 amide bonds. The molecule has 28 heavy (non-hydrogen) atoms. The molecule has 1 aromatic rings. The van der Waals surface area contributed by atoms with Crippen molar-refractivity contribution >= 4 is 17.9 Å². The molecule has 1 atom stereocenters. The van der Waals surface area contributed by atoms with Crippen LogP contribution in [0, 0.1) is 19.8 Å². The molecule has 5 nitrogen and oxygen atoms in total. The number of carbonyl (C=O) groups is 2. The molecule has 2 heterocycles. The number of rotatable bonds is 5. The van der Waals surface area contributed by atoms with Gasteiger partial charge in [-0.2, -0.15) is 0 Å². The molecule has 152 valence electrons. The molecule has 0 unspecified atom stereocenters. The molecule has 0 spiro atoms. The number of allylic oxidation sites excluding steroid dienone is 1. The molecule has 2 fully saturated rings. The number of piperidine rings is 2. The molecule has 0 aliphatic carbocycles. The molecular weight excluding hydrogens is 350 g/mol. The molecule has 0 bridgehead atoms. The van der Waals surface area contributed by atoms with Crippen molar-refractivity contribution in [1.29, 1.82) is 0 Å². The molecule has 1 aromatic carbocycles.